The third kappa shape index (κ3) is 2.44. The molecule has 0 aromatic heterocycles. The zero-order chi connectivity index (χ0) is 15.0. The molecule has 1 fully saturated rings. The third-order valence-electron chi connectivity index (χ3n) is 4.30. The molecule has 0 saturated heterocycles. The number of hydrogen-bond donors (Lipinski definition) is 1. The molecule has 2 nitrogen and oxygen atoms in total. The van der Waals surface area contributed by atoms with Crippen LogP contribution >= 0.6 is 0 Å². The molecule has 0 bridgehead atoms. The number of anilines is 1. The average molecular weight is 283 g/mol. The number of rotatable bonds is 3. The lowest BCUT2D eigenvalue weighted by Gasteiger charge is -2.18. The van der Waals surface area contributed by atoms with Crippen molar-refractivity contribution in [2.75, 3.05) is 5.32 Å². The molecular formula is C18H18FNO. The molecule has 2 aromatic rings. The van der Waals surface area contributed by atoms with E-state index >= 15 is 0 Å². The summed E-state index contributed by atoms with van der Waals surface area (Å²) in [5, 5.41) is 3.06. The van der Waals surface area contributed by atoms with Crippen LogP contribution in [0.15, 0.2) is 42.5 Å². The van der Waals surface area contributed by atoms with Gasteiger partial charge in [-0.15, -0.1) is 0 Å². The van der Waals surface area contributed by atoms with Gasteiger partial charge in [0.15, 0.2) is 0 Å². The van der Waals surface area contributed by atoms with E-state index < -0.39 is 5.41 Å². The molecule has 1 saturated carbocycles. The number of carbonyl (C=O) groups is 1. The van der Waals surface area contributed by atoms with Crippen LogP contribution in [0.4, 0.5) is 10.1 Å². The highest BCUT2D eigenvalue weighted by Gasteiger charge is 2.51. The van der Waals surface area contributed by atoms with Gasteiger partial charge < -0.3 is 5.32 Å². The Kier molecular flexibility index (Phi) is 3.28. The molecule has 0 heterocycles. The highest BCUT2D eigenvalue weighted by molar-refractivity contribution is 6.02. The van der Waals surface area contributed by atoms with E-state index in [0.717, 1.165) is 35.2 Å². The summed E-state index contributed by atoms with van der Waals surface area (Å²) >= 11 is 0. The van der Waals surface area contributed by atoms with Crippen molar-refractivity contribution in [1.82, 2.24) is 0 Å². The van der Waals surface area contributed by atoms with Crippen LogP contribution in [0.3, 0.4) is 0 Å². The van der Waals surface area contributed by atoms with E-state index in [4.69, 9.17) is 0 Å². The zero-order valence-electron chi connectivity index (χ0n) is 12.2. The fraction of sp³-hybridized carbons (Fsp3) is 0.278. The molecule has 0 spiro atoms. The number of amides is 1. The second-order valence-corrected chi connectivity index (χ2v) is 5.81. The Morgan fingerprint density at radius 1 is 1.05 bits per heavy atom. The summed E-state index contributed by atoms with van der Waals surface area (Å²) in [7, 11) is 0. The minimum absolute atomic E-state index is 0.00603. The molecule has 21 heavy (non-hydrogen) atoms. The Labute approximate surface area is 124 Å². The van der Waals surface area contributed by atoms with E-state index in [0.29, 0.717) is 0 Å². The first kappa shape index (κ1) is 13.8. The number of halogens is 1. The van der Waals surface area contributed by atoms with Gasteiger partial charge >= 0.3 is 0 Å². The molecule has 108 valence electrons. The van der Waals surface area contributed by atoms with Crippen LogP contribution in [-0.4, -0.2) is 5.91 Å². The van der Waals surface area contributed by atoms with E-state index in [2.05, 4.69) is 5.32 Å². The summed E-state index contributed by atoms with van der Waals surface area (Å²) in [5.41, 5.74) is 3.41. The van der Waals surface area contributed by atoms with Gasteiger partial charge in [0.25, 0.3) is 0 Å². The Morgan fingerprint density at radius 2 is 1.62 bits per heavy atom. The number of hydrogen-bond acceptors (Lipinski definition) is 1. The van der Waals surface area contributed by atoms with Gasteiger partial charge in [0.1, 0.15) is 5.82 Å². The molecular weight excluding hydrogens is 265 g/mol. The summed E-state index contributed by atoms with van der Waals surface area (Å²) < 4.78 is 13.0. The first-order valence-corrected chi connectivity index (χ1v) is 7.17. The zero-order valence-corrected chi connectivity index (χ0v) is 12.2. The fourth-order valence-corrected chi connectivity index (χ4v) is 2.79. The van der Waals surface area contributed by atoms with Crippen LogP contribution in [0, 0.1) is 19.7 Å². The Morgan fingerprint density at radius 3 is 2.14 bits per heavy atom. The lowest BCUT2D eigenvalue weighted by molar-refractivity contribution is -0.118. The maximum Gasteiger partial charge on any atom is 0.235 e. The van der Waals surface area contributed by atoms with Crippen molar-refractivity contribution >= 4 is 11.6 Å². The van der Waals surface area contributed by atoms with Crippen molar-refractivity contribution in [2.45, 2.75) is 32.1 Å². The lowest BCUT2D eigenvalue weighted by atomic mass is 9.94. The Hall–Kier alpha value is -2.16. The van der Waals surface area contributed by atoms with E-state index in [9.17, 15) is 9.18 Å². The molecule has 1 aliphatic rings. The van der Waals surface area contributed by atoms with Gasteiger partial charge in [-0.05, 0) is 55.5 Å². The van der Waals surface area contributed by atoms with Crippen LogP contribution in [0.2, 0.25) is 0 Å². The molecule has 1 N–H and O–H groups in total. The van der Waals surface area contributed by atoms with Gasteiger partial charge in [0, 0.05) is 5.69 Å². The van der Waals surface area contributed by atoms with Crippen LogP contribution in [0.5, 0.6) is 0 Å². The smallest absolute Gasteiger partial charge is 0.235 e. The van der Waals surface area contributed by atoms with Crippen molar-refractivity contribution in [1.29, 1.82) is 0 Å². The van der Waals surface area contributed by atoms with Gasteiger partial charge in [-0.25, -0.2) is 4.39 Å². The lowest BCUT2D eigenvalue weighted by Crippen LogP contribution is -2.28. The molecule has 0 aliphatic heterocycles. The maximum absolute atomic E-state index is 13.0. The normalized spacial score (nSPS) is 15.6. The quantitative estimate of drug-likeness (QED) is 0.902. The fourth-order valence-electron chi connectivity index (χ4n) is 2.79. The molecule has 3 heteroatoms. The van der Waals surface area contributed by atoms with Crippen molar-refractivity contribution in [3.63, 3.8) is 0 Å². The van der Waals surface area contributed by atoms with Crippen molar-refractivity contribution in [3.05, 3.63) is 65.0 Å². The van der Waals surface area contributed by atoms with Gasteiger partial charge in [-0.1, -0.05) is 30.3 Å². The summed E-state index contributed by atoms with van der Waals surface area (Å²) in [6.45, 7) is 3.97. The van der Waals surface area contributed by atoms with Crippen molar-refractivity contribution in [2.24, 2.45) is 0 Å². The average Bonchev–Trinajstić information content (AvgIpc) is 3.25. The Balaban J connectivity index is 1.87. The second-order valence-electron chi connectivity index (χ2n) is 5.81. The van der Waals surface area contributed by atoms with Crippen LogP contribution < -0.4 is 5.32 Å². The van der Waals surface area contributed by atoms with E-state index in [1.165, 1.54) is 12.1 Å². The van der Waals surface area contributed by atoms with Gasteiger partial charge in [-0.2, -0.15) is 0 Å². The largest absolute Gasteiger partial charge is 0.325 e. The number of benzene rings is 2. The van der Waals surface area contributed by atoms with Crippen LogP contribution in [0.1, 0.15) is 29.5 Å². The number of aryl methyl sites for hydroxylation is 2. The first-order valence-electron chi connectivity index (χ1n) is 7.17. The summed E-state index contributed by atoms with van der Waals surface area (Å²) in [5.74, 6) is -0.267. The van der Waals surface area contributed by atoms with E-state index in [-0.39, 0.29) is 11.7 Å². The van der Waals surface area contributed by atoms with Crippen molar-refractivity contribution in [3.8, 4) is 0 Å². The molecule has 2 aromatic carbocycles. The summed E-state index contributed by atoms with van der Waals surface area (Å²) in [6.07, 6.45) is 1.63. The van der Waals surface area contributed by atoms with Crippen molar-refractivity contribution < 1.29 is 9.18 Å². The van der Waals surface area contributed by atoms with Gasteiger partial charge in [0.2, 0.25) is 5.91 Å². The minimum Gasteiger partial charge on any atom is -0.325 e. The summed E-state index contributed by atoms with van der Waals surface area (Å²) in [6, 6.07) is 12.2. The molecule has 0 radical (unpaired) electrons. The Bertz CT molecular complexity index is 667. The van der Waals surface area contributed by atoms with E-state index in [1.807, 2.05) is 32.0 Å². The first-order chi connectivity index (χ1) is 10.0. The number of carbonyl (C=O) groups excluding carboxylic acids is 1. The molecule has 0 atom stereocenters. The second kappa shape index (κ2) is 4.99. The number of para-hydroxylation sites is 1. The molecule has 1 aliphatic carbocycles. The molecule has 0 unspecified atom stereocenters. The summed E-state index contributed by atoms with van der Waals surface area (Å²) in [4.78, 5) is 12.7. The topological polar surface area (TPSA) is 29.1 Å². The number of nitrogens with one attached hydrogen (secondary N) is 1. The standard InChI is InChI=1S/C18H18FNO/c1-12-4-3-5-13(2)16(12)20-17(21)18(10-11-18)14-6-8-15(19)9-7-14/h3-9H,10-11H2,1-2H3,(H,20,21). The van der Waals surface area contributed by atoms with Crippen LogP contribution in [-0.2, 0) is 10.2 Å². The maximum atomic E-state index is 13.0. The molecule has 1 amide bonds. The molecule has 3 rings (SSSR count). The third-order valence-corrected chi connectivity index (χ3v) is 4.30. The highest BCUT2D eigenvalue weighted by Crippen LogP contribution is 2.49. The predicted molar refractivity (Wildman–Crippen MR) is 81.9 cm³/mol. The SMILES string of the molecule is Cc1cccc(C)c1NC(=O)C1(c2ccc(F)cc2)CC1. The monoisotopic (exact) mass is 283 g/mol. The van der Waals surface area contributed by atoms with E-state index in [1.54, 1.807) is 12.1 Å². The van der Waals surface area contributed by atoms with Gasteiger partial charge in [-0.3, -0.25) is 4.79 Å². The predicted octanol–water partition coefficient (Wildman–Crippen LogP) is 4.11. The van der Waals surface area contributed by atoms with Crippen LogP contribution in [0.25, 0.3) is 0 Å². The van der Waals surface area contributed by atoms with Gasteiger partial charge in [0.05, 0.1) is 5.41 Å². The minimum atomic E-state index is -0.484. The highest BCUT2D eigenvalue weighted by atomic mass is 19.1.